The number of ether oxygens (including phenoxy) is 1. The van der Waals surface area contributed by atoms with Crippen molar-refractivity contribution in [2.45, 2.75) is 12.5 Å². The Morgan fingerprint density at radius 1 is 1.06 bits per heavy atom. The molecule has 2 aliphatic rings. The predicted molar refractivity (Wildman–Crippen MR) is 116 cm³/mol. The normalized spacial score (nSPS) is 19.2. The Morgan fingerprint density at radius 3 is 2.61 bits per heavy atom. The second-order valence-electron chi connectivity index (χ2n) is 7.80. The van der Waals surface area contributed by atoms with Crippen LogP contribution in [0.15, 0.2) is 51.9 Å². The Kier molecular flexibility index (Phi) is 5.48. The number of nitrogens with zero attached hydrogens (tertiary/aromatic N) is 3. The van der Waals surface area contributed by atoms with Crippen LogP contribution < -0.4 is 5.43 Å². The minimum absolute atomic E-state index is 0.119. The van der Waals surface area contributed by atoms with E-state index in [4.69, 9.17) is 20.8 Å². The number of morpholine rings is 1. The molecule has 0 N–H and O–H groups in total. The fraction of sp³-hybridized carbons (Fsp3) is 0.348. The van der Waals surface area contributed by atoms with Crippen molar-refractivity contribution < 1.29 is 13.9 Å². The average Bonchev–Trinajstić information content (AvgIpc) is 3.08. The highest BCUT2D eigenvalue weighted by Gasteiger charge is 2.42. The molecule has 7 nitrogen and oxygen atoms in total. The number of hydrogen-bond donors (Lipinski definition) is 0. The van der Waals surface area contributed by atoms with Crippen LogP contribution in [0, 0.1) is 0 Å². The van der Waals surface area contributed by atoms with Gasteiger partial charge in [-0.2, -0.15) is 0 Å². The van der Waals surface area contributed by atoms with E-state index in [1.54, 1.807) is 35.5 Å². The quantitative estimate of drug-likeness (QED) is 0.608. The van der Waals surface area contributed by atoms with Gasteiger partial charge < -0.3 is 14.1 Å². The van der Waals surface area contributed by atoms with E-state index in [1.807, 2.05) is 12.1 Å². The second kappa shape index (κ2) is 8.42. The maximum Gasteiger partial charge on any atom is 0.290 e. The third-order valence-corrected chi connectivity index (χ3v) is 6.16. The Hall–Kier alpha value is -2.74. The highest BCUT2D eigenvalue weighted by molar-refractivity contribution is 6.31. The van der Waals surface area contributed by atoms with Gasteiger partial charge in [-0.05, 0) is 42.3 Å². The van der Waals surface area contributed by atoms with Crippen molar-refractivity contribution in [3.63, 3.8) is 0 Å². The SMILES string of the molecule is O=C1c2oc3ccc(Cl)cc3c(=O)c2[C@H](c2ccncc2)N1CCCN1CCOCC1. The number of hydrogen-bond acceptors (Lipinski definition) is 6. The number of pyridine rings is 1. The molecule has 2 aliphatic heterocycles. The first-order valence-electron chi connectivity index (χ1n) is 10.4. The molecule has 1 fully saturated rings. The maximum atomic E-state index is 13.4. The second-order valence-corrected chi connectivity index (χ2v) is 8.24. The molecule has 1 amide bonds. The smallest absolute Gasteiger partial charge is 0.290 e. The van der Waals surface area contributed by atoms with E-state index in [9.17, 15) is 9.59 Å². The van der Waals surface area contributed by atoms with Crippen LogP contribution in [-0.2, 0) is 4.74 Å². The summed E-state index contributed by atoms with van der Waals surface area (Å²) in [5.74, 6) is -0.138. The summed E-state index contributed by atoms with van der Waals surface area (Å²) in [5, 5.41) is 0.833. The summed E-state index contributed by atoms with van der Waals surface area (Å²) in [6.45, 7) is 4.65. The Labute approximate surface area is 184 Å². The number of rotatable bonds is 5. The Bertz CT molecular complexity index is 1170. The number of aromatic nitrogens is 1. The first-order valence-corrected chi connectivity index (χ1v) is 10.8. The molecule has 0 spiro atoms. The lowest BCUT2D eigenvalue weighted by Crippen LogP contribution is -2.38. The molecule has 0 saturated carbocycles. The molecule has 1 aromatic carbocycles. The van der Waals surface area contributed by atoms with Gasteiger partial charge in [0.2, 0.25) is 5.76 Å². The lowest BCUT2D eigenvalue weighted by molar-refractivity contribution is 0.0353. The first kappa shape index (κ1) is 20.2. The summed E-state index contributed by atoms with van der Waals surface area (Å²) >= 11 is 6.11. The number of amides is 1. The largest absolute Gasteiger partial charge is 0.450 e. The molecule has 8 heteroatoms. The maximum absolute atomic E-state index is 13.4. The van der Waals surface area contributed by atoms with Crippen molar-refractivity contribution in [2.75, 3.05) is 39.4 Å². The molecule has 5 rings (SSSR count). The van der Waals surface area contributed by atoms with E-state index >= 15 is 0 Å². The van der Waals surface area contributed by atoms with E-state index in [2.05, 4.69) is 9.88 Å². The standard InChI is InChI=1S/C23H22ClN3O4/c24-16-2-3-18-17(14-16)21(28)19-20(15-4-6-25-7-5-15)27(23(29)22(19)31-18)9-1-8-26-10-12-30-13-11-26/h2-7,14,20H,1,8-13H2/t20-/m0/s1. The zero-order valence-electron chi connectivity index (χ0n) is 16.9. The molecule has 2 aromatic heterocycles. The molecule has 3 aromatic rings. The molecule has 0 unspecified atom stereocenters. The van der Waals surface area contributed by atoms with Gasteiger partial charge in [0.25, 0.3) is 5.91 Å². The minimum Gasteiger partial charge on any atom is -0.450 e. The van der Waals surface area contributed by atoms with E-state index in [1.165, 1.54) is 0 Å². The van der Waals surface area contributed by atoms with Crippen LogP contribution in [0.3, 0.4) is 0 Å². The summed E-state index contributed by atoms with van der Waals surface area (Å²) in [7, 11) is 0. The third-order valence-electron chi connectivity index (χ3n) is 5.93. The summed E-state index contributed by atoms with van der Waals surface area (Å²) in [6, 6.07) is 8.05. The van der Waals surface area contributed by atoms with Crippen LogP contribution in [0.1, 0.15) is 34.1 Å². The van der Waals surface area contributed by atoms with Crippen LogP contribution in [-0.4, -0.2) is 60.1 Å². The predicted octanol–water partition coefficient (Wildman–Crippen LogP) is 3.11. The molecular formula is C23H22ClN3O4. The van der Waals surface area contributed by atoms with E-state index in [-0.39, 0.29) is 17.1 Å². The number of carbonyl (C=O) groups excluding carboxylic acids is 1. The lowest BCUT2D eigenvalue weighted by Gasteiger charge is -2.29. The van der Waals surface area contributed by atoms with Crippen molar-refractivity contribution >= 4 is 28.5 Å². The highest BCUT2D eigenvalue weighted by atomic mass is 35.5. The highest BCUT2D eigenvalue weighted by Crippen LogP contribution is 2.38. The molecular weight excluding hydrogens is 418 g/mol. The van der Waals surface area contributed by atoms with Gasteiger partial charge in [0.1, 0.15) is 5.58 Å². The van der Waals surface area contributed by atoms with Crippen LogP contribution in [0.25, 0.3) is 11.0 Å². The van der Waals surface area contributed by atoms with Gasteiger partial charge in [0, 0.05) is 43.6 Å². The van der Waals surface area contributed by atoms with E-state index < -0.39 is 6.04 Å². The summed E-state index contributed by atoms with van der Waals surface area (Å²) in [4.78, 5) is 34.9. The van der Waals surface area contributed by atoms with Gasteiger partial charge in [0.05, 0.1) is 30.2 Å². The molecule has 31 heavy (non-hydrogen) atoms. The van der Waals surface area contributed by atoms with E-state index in [0.717, 1.165) is 44.8 Å². The molecule has 160 valence electrons. The van der Waals surface area contributed by atoms with Gasteiger partial charge >= 0.3 is 0 Å². The summed E-state index contributed by atoms with van der Waals surface area (Å²) in [6.07, 6.45) is 4.13. The van der Waals surface area contributed by atoms with Crippen molar-refractivity contribution in [1.82, 2.24) is 14.8 Å². The fourth-order valence-electron chi connectivity index (χ4n) is 4.40. The van der Waals surface area contributed by atoms with Gasteiger partial charge in [-0.3, -0.25) is 19.5 Å². The molecule has 0 bridgehead atoms. The number of benzene rings is 1. The minimum atomic E-state index is -0.505. The van der Waals surface area contributed by atoms with Crippen LogP contribution in [0.5, 0.6) is 0 Å². The monoisotopic (exact) mass is 439 g/mol. The average molecular weight is 440 g/mol. The fourth-order valence-corrected chi connectivity index (χ4v) is 4.58. The molecule has 4 heterocycles. The Morgan fingerprint density at radius 2 is 1.84 bits per heavy atom. The number of fused-ring (bicyclic) bond motifs is 2. The third kappa shape index (κ3) is 3.73. The summed E-state index contributed by atoms with van der Waals surface area (Å²) < 4.78 is 11.3. The van der Waals surface area contributed by atoms with Crippen molar-refractivity contribution in [2.24, 2.45) is 0 Å². The van der Waals surface area contributed by atoms with E-state index in [0.29, 0.717) is 28.1 Å². The summed E-state index contributed by atoms with van der Waals surface area (Å²) in [5.41, 5.74) is 1.36. The number of carbonyl (C=O) groups is 1. The first-order chi connectivity index (χ1) is 15.1. The molecule has 0 radical (unpaired) electrons. The Balaban J connectivity index is 1.52. The van der Waals surface area contributed by atoms with Crippen LogP contribution in [0.2, 0.25) is 5.02 Å². The molecule has 1 saturated heterocycles. The zero-order chi connectivity index (χ0) is 21.4. The molecule has 1 atom stereocenters. The zero-order valence-corrected chi connectivity index (χ0v) is 17.7. The van der Waals surface area contributed by atoms with Crippen molar-refractivity contribution in [1.29, 1.82) is 0 Å². The van der Waals surface area contributed by atoms with Gasteiger partial charge in [-0.1, -0.05) is 11.6 Å². The van der Waals surface area contributed by atoms with Crippen molar-refractivity contribution in [3.05, 3.63) is 74.9 Å². The van der Waals surface area contributed by atoms with Gasteiger partial charge in [-0.15, -0.1) is 0 Å². The van der Waals surface area contributed by atoms with Crippen LogP contribution >= 0.6 is 11.6 Å². The van der Waals surface area contributed by atoms with Crippen molar-refractivity contribution in [3.8, 4) is 0 Å². The van der Waals surface area contributed by atoms with Crippen LogP contribution in [0.4, 0.5) is 0 Å². The molecule has 0 aliphatic carbocycles. The van der Waals surface area contributed by atoms with Gasteiger partial charge in [0.15, 0.2) is 5.43 Å². The number of halogens is 1. The van der Waals surface area contributed by atoms with Gasteiger partial charge in [-0.25, -0.2) is 0 Å². The topological polar surface area (TPSA) is 75.9 Å². The lowest BCUT2D eigenvalue weighted by atomic mass is 9.99.